The summed E-state index contributed by atoms with van der Waals surface area (Å²) in [6, 6.07) is 10.4. The molecule has 0 N–H and O–H groups in total. The maximum atomic E-state index is 13.8. The molecule has 0 saturated carbocycles. The summed E-state index contributed by atoms with van der Waals surface area (Å²) < 4.78 is 28.3. The van der Waals surface area contributed by atoms with Crippen LogP contribution in [0.1, 0.15) is 10.4 Å². The SMILES string of the molecule is O=Cc1ccc2ccn(-c3ccc(F)cc3F)c2c1. The van der Waals surface area contributed by atoms with Crippen molar-refractivity contribution in [3.63, 3.8) is 0 Å². The molecule has 1 heterocycles. The van der Waals surface area contributed by atoms with Crippen LogP contribution in [0.15, 0.2) is 48.7 Å². The first-order valence-corrected chi connectivity index (χ1v) is 5.71. The van der Waals surface area contributed by atoms with Crippen molar-refractivity contribution in [2.24, 2.45) is 0 Å². The Balaban J connectivity index is 2.27. The first-order valence-electron chi connectivity index (χ1n) is 5.71. The predicted octanol–water partition coefficient (Wildman–Crippen LogP) is 3.72. The molecule has 0 aliphatic carbocycles. The van der Waals surface area contributed by atoms with Gasteiger partial charge in [0.15, 0.2) is 0 Å². The number of nitrogens with zero attached hydrogens (tertiary/aromatic N) is 1. The van der Waals surface area contributed by atoms with Gasteiger partial charge in [-0.3, -0.25) is 4.79 Å². The minimum atomic E-state index is -0.644. The lowest BCUT2D eigenvalue weighted by atomic mass is 10.2. The van der Waals surface area contributed by atoms with Crippen molar-refractivity contribution in [3.8, 4) is 5.69 Å². The number of benzene rings is 2. The van der Waals surface area contributed by atoms with Gasteiger partial charge in [-0.2, -0.15) is 0 Å². The van der Waals surface area contributed by atoms with E-state index in [2.05, 4.69) is 0 Å². The molecule has 0 amide bonds. The Bertz CT molecular complexity index is 777. The van der Waals surface area contributed by atoms with E-state index >= 15 is 0 Å². The highest BCUT2D eigenvalue weighted by Gasteiger charge is 2.09. The fourth-order valence-corrected chi connectivity index (χ4v) is 2.11. The van der Waals surface area contributed by atoms with Gasteiger partial charge in [-0.1, -0.05) is 12.1 Å². The van der Waals surface area contributed by atoms with Crippen LogP contribution in [-0.4, -0.2) is 10.9 Å². The molecule has 0 atom stereocenters. The highest BCUT2D eigenvalue weighted by atomic mass is 19.1. The van der Waals surface area contributed by atoms with Gasteiger partial charge in [-0.25, -0.2) is 8.78 Å². The summed E-state index contributed by atoms with van der Waals surface area (Å²) in [5, 5.41) is 0.884. The van der Waals surface area contributed by atoms with Gasteiger partial charge in [0.25, 0.3) is 0 Å². The molecule has 0 radical (unpaired) electrons. The summed E-state index contributed by atoms with van der Waals surface area (Å²) in [4.78, 5) is 10.8. The first-order chi connectivity index (χ1) is 9.19. The van der Waals surface area contributed by atoms with E-state index in [-0.39, 0.29) is 5.69 Å². The second kappa shape index (κ2) is 4.31. The van der Waals surface area contributed by atoms with Crippen molar-refractivity contribution in [3.05, 3.63) is 65.9 Å². The Morgan fingerprint density at radius 2 is 1.84 bits per heavy atom. The average molecular weight is 257 g/mol. The second-order valence-corrected chi connectivity index (χ2v) is 4.22. The van der Waals surface area contributed by atoms with Crippen LogP contribution in [0.3, 0.4) is 0 Å². The Morgan fingerprint density at radius 1 is 1.00 bits per heavy atom. The van der Waals surface area contributed by atoms with E-state index in [1.807, 2.05) is 6.07 Å². The fraction of sp³-hybridized carbons (Fsp3) is 0. The minimum Gasteiger partial charge on any atom is -0.314 e. The Labute approximate surface area is 107 Å². The molecular formula is C15H9F2NO. The molecule has 2 nitrogen and oxygen atoms in total. The Morgan fingerprint density at radius 3 is 2.58 bits per heavy atom. The summed E-state index contributed by atoms with van der Waals surface area (Å²) in [6.07, 6.45) is 2.42. The molecule has 1 aromatic heterocycles. The van der Waals surface area contributed by atoms with Crippen LogP contribution in [0.2, 0.25) is 0 Å². The van der Waals surface area contributed by atoms with E-state index in [0.717, 1.165) is 17.7 Å². The fourth-order valence-electron chi connectivity index (χ4n) is 2.11. The first kappa shape index (κ1) is 11.6. The van der Waals surface area contributed by atoms with Gasteiger partial charge >= 0.3 is 0 Å². The summed E-state index contributed by atoms with van der Waals surface area (Å²) in [5.41, 5.74) is 1.46. The van der Waals surface area contributed by atoms with E-state index in [0.29, 0.717) is 11.1 Å². The van der Waals surface area contributed by atoms with E-state index in [9.17, 15) is 13.6 Å². The smallest absolute Gasteiger partial charge is 0.150 e. The normalized spacial score (nSPS) is 10.8. The standard InChI is InChI=1S/C15H9F2NO/c16-12-3-4-14(13(17)8-12)18-6-5-11-2-1-10(9-19)7-15(11)18/h1-9H. The summed E-state index contributed by atoms with van der Waals surface area (Å²) in [6.45, 7) is 0. The molecule has 0 bridgehead atoms. The largest absolute Gasteiger partial charge is 0.314 e. The predicted molar refractivity (Wildman–Crippen MR) is 68.6 cm³/mol. The number of halogens is 2. The van der Waals surface area contributed by atoms with Crippen molar-refractivity contribution in [2.45, 2.75) is 0 Å². The Hall–Kier alpha value is -2.49. The second-order valence-electron chi connectivity index (χ2n) is 4.22. The lowest BCUT2D eigenvalue weighted by molar-refractivity contribution is 0.112. The number of aldehydes is 1. The van der Waals surface area contributed by atoms with Crippen molar-refractivity contribution in [1.29, 1.82) is 0 Å². The van der Waals surface area contributed by atoms with E-state index < -0.39 is 11.6 Å². The average Bonchev–Trinajstić information content (AvgIpc) is 2.81. The van der Waals surface area contributed by atoms with Gasteiger partial charge in [0.05, 0.1) is 11.2 Å². The Kier molecular flexibility index (Phi) is 2.63. The van der Waals surface area contributed by atoms with Crippen LogP contribution in [0.5, 0.6) is 0 Å². The number of carbonyl (C=O) groups excluding carboxylic acids is 1. The lowest BCUT2D eigenvalue weighted by Gasteiger charge is -2.07. The van der Waals surface area contributed by atoms with Crippen molar-refractivity contribution in [2.75, 3.05) is 0 Å². The van der Waals surface area contributed by atoms with Crippen LogP contribution in [0, 0.1) is 11.6 Å². The van der Waals surface area contributed by atoms with Gasteiger partial charge in [-0.05, 0) is 29.7 Å². The topological polar surface area (TPSA) is 22.0 Å². The molecule has 0 aliphatic rings. The highest BCUT2D eigenvalue weighted by Crippen LogP contribution is 2.23. The number of rotatable bonds is 2. The van der Waals surface area contributed by atoms with Gasteiger partial charge in [0.1, 0.15) is 17.9 Å². The molecule has 19 heavy (non-hydrogen) atoms. The van der Waals surface area contributed by atoms with E-state index in [4.69, 9.17) is 0 Å². The van der Waals surface area contributed by atoms with Crippen LogP contribution in [0.4, 0.5) is 8.78 Å². The van der Waals surface area contributed by atoms with E-state index in [1.54, 1.807) is 29.0 Å². The number of fused-ring (bicyclic) bond motifs is 1. The zero-order chi connectivity index (χ0) is 13.4. The molecule has 4 heteroatoms. The van der Waals surface area contributed by atoms with Crippen LogP contribution in [0.25, 0.3) is 16.6 Å². The molecule has 0 fully saturated rings. The van der Waals surface area contributed by atoms with Crippen LogP contribution in [-0.2, 0) is 0 Å². The van der Waals surface area contributed by atoms with Crippen molar-refractivity contribution < 1.29 is 13.6 Å². The number of hydrogen-bond acceptors (Lipinski definition) is 1. The monoisotopic (exact) mass is 257 g/mol. The summed E-state index contributed by atoms with van der Waals surface area (Å²) in [7, 11) is 0. The summed E-state index contributed by atoms with van der Waals surface area (Å²) in [5.74, 6) is -1.26. The third kappa shape index (κ3) is 1.91. The minimum absolute atomic E-state index is 0.249. The summed E-state index contributed by atoms with van der Waals surface area (Å²) >= 11 is 0. The number of aromatic nitrogens is 1. The molecule has 0 spiro atoms. The highest BCUT2D eigenvalue weighted by molar-refractivity contribution is 5.88. The zero-order valence-corrected chi connectivity index (χ0v) is 9.81. The van der Waals surface area contributed by atoms with Crippen LogP contribution < -0.4 is 0 Å². The van der Waals surface area contributed by atoms with Gasteiger partial charge in [0.2, 0.25) is 0 Å². The third-order valence-corrected chi connectivity index (χ3v) is 3.02. The van der Waals surface area contributed by atoms with Gasteiger partial charge in [-0.15, -0.1) is 0 Å². The molecule has 3 rings (SSSR count). The van der Waals surface area contributed by atoms with Gasteiger partial charge in [0, 0.05) is 17.8 Å². The molecule has 94 valence electrons. The maximum Gasteiger partial charge on any atom is 0.150 e. The quantitative estimate of drug-likeness (QED) is 0.641. The number of carbonyl (C=O) groups is 1. The van der Waals surface area contributed by atoms with Crippen molar-refractivity contribution >= 4 is 17.2 Å². The zero-order valence-electron chi connectivity index (χ0n) is 9.81. The molecule has 0 saturated heterocycles. The lowest BCUT2D eigenvalue weighted by Crippen LogP contribution is -1.97. The van der Waals surface area contributed by atoms with Gasteiger partial charge < -0.3 is 4.57 Å². The third-order valence-electron chi connectivity index (χ3n) is 3.02. The molecular weight excluding hydrogens is 248 g/mol. The van der Waals surface area contributed by atoms with Crippen LogP contribution >= 0.6 is 0 Å². The molecule has 0 unspecified atom stereocenters. The molecule has 2 aromatic carbocycles. The van der Waals surface area contributed by atoms with E-state index in [1.165, 1.54) is 12.1 Å². The molecule has 3 aromatic rings. The molecule has 0 aliphatic heterocycles. The maximum absolute atomic E-state index is 13.8. The number of hydrogen-bond donors (Lipinski definition) is 0. The van der Waals surface area contributed by atoms with Crippen molar-refractivity contribution in [1.82, 2.24) is 4.57 Å².